The average molecular weight is 468 g/mol. The van der Waals surface area contributed by atoms with Crippen molar-refractivity contribution in [3.8, 4) is 0 Å². The highest BCUT2D eigenvalue weighted by Crippen LogP contribution is 2.24. The molecule has 0 unspecified atom stereocenters. The predicted octanol–water partition coefficient (Wildman–Crippen LogP) is 6.43. The van der Waals surface area contributed by atoms with Crippen LogP contribution in [0.5, 0.6) is 0 Å². The Morgan fingerprint density at radius 2 is 1.78 bits per heavy atom. The summed E-state index contributed by atoms with van der Waals surface area (Å²) in [6.45, 7) is 3.30. The maximum absolute atomic E-state index is 12.8. The molecule has 0 fully saturated rings. The summed E-state index contributed by atoms with van der Waals surface area (Å²) < 4.78 is 2.19. The van der Waals surface area contributed by atoms with Crippen molar-refractivity contribution < 1.29 is 4.79 Å². The van der Waals surface area contributed by atoms with Gasteiger partial charge in [0, 0.05) is 23.6 Å². The summed E-state index contributed by atoms with van der Waals surface area (Å²) in [5.41, 5.74) is 4.60. The van der Waals surface area contributed by atoms with Gasteiger partial charge < -0.3 is 9.88 Å². The molecule has 3 aromatic carbocycles. The maximum atomic E-state index is 12.8. The summed E-state index contributed by atoms with van der Waals surface area (Å²) in [6, 6.07) is 23.5. The van der Waals surface area contributed by atoms with Crippen LogP contribution < -0.4 is 5.32 Å². The lowest BCUT2D eigenvalue weighted by atomic mass is 10.1. The normalized spacial score (nSPS) is 10.7. The molecule has 166 valence electrons. The van der Waals surface area contributed by atoms with Gasteiger partial charge in [0.2, 0.25) is 0 Å². The zero-order chi connectivity index (χ0) is 21.6. The number of amides is 1. The number of unbranched alkanes of at least 4 members (excludes halogenated alkanes) is 1. The van der Waals surface area contributed by atoms with Crippen molar-refractivity contribution in [2.24, 2.45) is 0 Å². The van der Waals surface area contributed by atoms with Gasteiger partial charge in [-0.2, -0.15) is 0 Å². The van der Waals surface area contributed by atoms with E-state index in [-0.39, 0.29) is 18.3 Å². The van der Waals surface area contributed by atoms with Gasteiger partial charge >= 0.3 is 0 Å². The van der Waals surface area contributed by atoms with Gasteiger partial charge in [0.25, 0.3) is 5.91 Å². The molecule has 0 aliphatic carbocycles. The molecule has 32 heavy (non-hydrogen) atoms. The molecule has 0 saturated heterocycles. The zero-order valence-corrected chi connectivity index (χ0v) is 19.6. The van der Waals surface area contributed by atoms with E-state index in [2.05, 4.69) is 16.8 Å². The Kier molecular flexibility index (Phi) is 8.32. The molecule has 0 aliphatic rings. The molecule has 0 bridgehead atoms. The summed E-state index contributed by atoms with van der Waals surface area (Å²) >= 11 is 6.43. The van der Waals surface area contributed by atoms with Crippen LogP contribution in [0, 0.1) is 0 Å². The van der Waals surface area contributed by atoms with E-state index in [1.807, 2.05) is 72.8 Å². The molecule has 0 spiro atoms. The molecule has 4 rings (SSSR count). The summed E-state index contributed by atoms with van der Waals surface area (Å²) in [6.07, 6.45) is 3.06. The molecule has 6 heteroatoms. The average Bonchev–Trinajstić information content (AvgIpc) is 3.14. The van der Waals surface area contributed by atoms with Crippen molar-refractivity contribution in [1.29, 1.82) is 0 Å². The highest BCUT2D eigenvalue weighted by molar-refractivity contribution is 6.31. The molecule has 0 aliphatic heterocycles. The number of imidazole rings is 1. The molecule has 0 saturated carbocycles. The molecular weight excluding hydrogens is 441 g/mol. The number of nitrogens with one attached hydrogen (secondary N) is 1. The summed E-state index contributed by atoms with van der Waals surface area (Å²) in [4.78, 5) is 17.7. The van der Waals surface area contributed by atoms with Gasteiger partial charge in [0.1, 0.15) is 5.82 Å². The molecule has 4 nitrogen and oxygen atoms in total. The van der Waals surface area contributed by atoms with Crippen molar-refractivity contribution >= 4 is 40.9 Å². The molecule has 1 aromatic heterocycles. The van der Waals surface area contributed by atoms with Crippen molar-refractivity contribution in [2.75, 3.05) is 0 Å². The third-order valence-electron chi connectivity index (χ3n) is 5.43. The number of carbonyl (C=O) groups excluding carboxylic acids is 1. The minimum Gasteiger partial charge on any atom is -0.348 e. The number of hydrogen-bond acceptors (Lipinski definition) is 2. The Morgan fingerprint density at radius 3 is 2.53 bits per heavy atom. The lowest BCUT2D eigenvalue weighted by Crippen LogP contribution is -2.22. The van der Waals surface area contributed by atoms with E-state index in [0.29, 0.717) is 18.7 Å². The summed E-state index contributed by atoms with van der Waals surface area (Å²) in [5.74, 6) is 0.935. The van der Waals surface area contributed by atoms with Crippen LogP contribution in [-0.4, -0.2) is 15.5 Å². The Morgan fingerprint density at radius 1 is 1.03 bits per heavy atom. The van der Waals surface area contributed by atoms with Gasteiger partial charge in [0.05, 0.1) is 17.6 Å². The van der Waals surface area contributed by atoms with E-state index in [4.69, 9.17) is 16.6 Å². The van der Waals surface area contributed by atoms with Crippen LogP contribution in [0.15, 0.2) is 72.8 Å². The third kappa shape index (κ3) is 5.50. The summed E-state index contributed by atoms with van der Waals surface area (Å²) in [5, 5.41) is 3.75. The number of carbonyl (C=O) groups is 1. The van der Waals surface area contributed by atoms with Gasteiger partial charge in [-0.15, -0.1) is 12.4 Å². The highest BCUT2D eigenvalue weighted by Gasteiger charge is 2.15. The quantitative estimate of drug-likeness (QED) is 0.324. The Bertz CT molecular complexity index is 1190. The third-order valence-corrected chi connectivity index (χ3v) is 5.79. The maximum Gasteiger partial charge on any atom is 0.251 e. The first-order valence-corrected chi connectivity index (χ1v) is 11.1. The molecule has 1 N–H and O–H groups in total. The first-order chi connectivity index (χ1) is 15.2. The highest BCUT2D eigenvalue weighted by atomic mass is 35.5. The van der Waals surface area contributed by atoms with E-state index in [1.165, 1.54) is 0 Å². The SMILES string of the molecule is CCCCc1nc2ccc(C(=O)NCc3ccccc3)cc2n1Cc1ccccc1Cl.Cl. The number of rotatable bonds is 8. The van der Waals surface area contributed by atoms with Crippen LogP contribution in [0.2, 0.25) is 5.02 Å². The van der Waals surface area contributed by atoms with Gasteiger partial charge in [0.15, 0.2) is 0 Å². The molecule has 0 atom stereocenters. The van der Waals surface area contributed by atoms with Crippen LogP contribution in [0.1, 0.15) is 47.1 Å². The number of fused-ring (bicyclic) bond motifs is 1. The molecule has 1 amide bonds. The number of aromatic nitrogens is 2. The largest absolute Gasteiger partial charge is 0.348 e. The fourth-order valence-corrected chi connectivity index (χ4v) is 3.89. The number of hydrogen-bond donors (Lipinski definition) is 1. The number of halogens is 2. The minimum atomic E-state index is -0.0913. The first-order valence-electron chi connectivity index (χ1n) is 10.7. The lowest BCUT2D eigenvalue weighted by molar-refractivity contribution is 0.0951. The Hall–Kier alpha value is -2.82. The van der Waals surface area contributed by atoms with Gasteiger partial charge in [-0.3, -0.25) is 4.79 Å². The van der Waals surface area contributed by atoms with Crippen LogP contribution >= 0.6 is 24.0 Å². The van der Waals surface area contributed by atoms with Crippen molar-refractivity contribution in [3.05, 3.63) is 100 Å². The van der Waals surface area contributed by atoms with E-state index in [1.54, 1.807) is 0 Å². The second-order valence-electron chi connectivity index (χ2n) is 7.68. The Labute approximate surface area is 200 Å². The smallest absolute Gasteiger partial charge is 0.251 e. The van der Waals surface area contributed by atoms with E-state index in [9.17, 15) is 4.79 Å². The molecule has 0 radical (unpaired) electrons. The second-order valence-corrected chi connectivity index (χ2v) is 8.09. The molecular formula is C26H27Cl2N3O. The van der Waals surface area contributed by atoms with E-state index in [0.717, 1.165) is 52.3 Å². The van der Waals surface area contributed by atoms with Crippen molar-refractivity contribution in [3.63, 3.8) is 0 Å². The van der Waals surface area contributed by atoms with Crippen molar-refractivity contribution in [2.45, 2.75) is 39.3 Å². The monoisotopic (exact) mass is 467 g/mol. The topological polar surface area (TPSA) is 46.9 Å². The second kappa shape index (κ2) is 11.2. The van der Waals surface area contributed by atoms with Crippen LogP contribution in [0.25, 0.3) is 11.0 Å². The fraction of sp³-hybridized carbons (Fsp3) is 0.231. The molecule has 1 heterocycles. The van der Waals surface area contributed by atoms with Gasteiger partial charge in [-0.1, -0.05) is 73.5 Å². The van der Waals surface area contributed by atoms with Gasteiger partial charge in [-0.05, 0) is 41.8 Å². The van der Waals surface area contributed by atoms with Crippen LogP contribution in [-0.2, 0) is 19.5 Å². The fourth-order valence-electron chi connectivity index (χ4n) is 3.69. The first kappa shape index (κ1) is 23.8. The van der Waals surface area contributed by atoms with Crippen LogP contribution in [0.4, 0.5) is 0 Å². The standard InChI is InChI=1S/C26H26ClN3O.ClH/c1-2-3-13-25-29-23-15-14-20(26(31)28-17-19-9-5-4-6-10-19)16-24(23)30(25)18-21-11-7-8-12-22(21)27;/h4-12,14-16H,2-3,13,17-18H2,1H3,(H,28,31);1H. The number of benzene rings is 3. The van der Waals surface area contributed by atoms with E-state index >= 15 is 0 Å². The van der Waals surface area contributed by atoms with Gasteiger partial charge in [-0.25, -0.2) is 4.98 Å². The van der Waals surface area contributed by atoms with Crippen molar-refractivity contribution in [1.82, 2.24) is 14.9 Å². The lowest BCUT2D eigenvalue weighted by Gasteiger charge is -2.11. The predicted molar refractivity (Wildman–Crippen MR) is 134 cm³/mol. The Balaban J connectivity index is 0.00000289. The van der Waals surface area contributed by atoms with Crippen LogP contribution in [0.3, 0.4) is 0 Å². The zero-order valence-electron chi connectivity index (χ0n) is 18.1. The number of aryl methyl sites for hydroxylation is 1. The minimum absolute atomic E-state index is 0. The summed E-state index contributed by atoms with van der Waals surface area (Å²) in [7, 11) is 0. The molecule has 4 aromatic rings. The van der Waals surface area contributed by atoms with E-state index < -0.39 is 0 Å². The number of nitrogens with zero attached hydrogens (tertiary/aromatic N) is 2.